The summed E-state index contributed by atoms with van der Waals surface area (Å²) < 4.78 is 57.7. The maximum Gasteiger partial charge on any atom is 0.508 e. The van der Waals surface area contributed by atoms with Crippen molar-refractivity contribution in [2.45, 2.75) is 97.1 Å². The minimum atomic E-state index is -5.03. The standard InChI is InChI=1S/C19H33F3O6/c1-8-16(3,4)28-15(24)25-12-10-17(5,6)26-13-11-18(7,9-2)27-14(23)19(20,21)22/h8-13H2,1-7H3. The van der Waals surface area contributed by atoms with Crippen molar-refractivity contribution in [3.63, 3.8) is 0 Å². The lowest BCUT2D eigenvalue weighted by molar-refractivity contribution is -0.215. The van der Waals surface area contributed by atoms with Gasteiger partial charge in [-0.3, -0.25) is 0 Å². The van der Waals surface area contributed by atoms with Crippen LogP contribution >= 0.6 is 0 Å². The van der Waals surface area contributed by atoms with Crippen molar-refractivity contribution in [3.8, 4) is 0 Å². The average molecular weight is 414 g/mol. The van der Waals surface area contributed by atoms with Gasteiger partial charge >= 0.3 is 18.3 Å². The summed E-state index contributed by atoms with van der Waals surface area (Å²) in [5, 5.41) is 0. The highest BCUT2D eigenvalue weighted by Gasteiger charge is 2.44. The molecular formula is C19H33F3O6. The monoisotopic (exact) mass is 414 g/mol. The van der Waals surface area contributed by atoms with E-state index < -0.39 is 35.1 Å². The van der Waals surface area contributed by atoms with E-state index in [1.807, 2.05) is 6.92 Å². The Hall–Kier alpha value is -1.51. The molecule has 0 N–H and O–H groups in total. The Balaban J connectivity index is 4.40. The molecule has 0 saturated heterocycles. The lowest BCUT2D eigenvalue weighted by atomic mass is 9.99. The molecule has 0 aromatic rings. The summed E-state index contributed by atoms with van der Waals surface area (Å²) >= 11 is 0. The van der Waals surface area contributed by atoms with E-state index >= 15 is 0 Å². The second kappa shape index (κ2) is 10.3. The Labute approximate surface area is 165 Å². The smallest absolute Gasteiger partial charge is 0.453 e. The molecule has 0 saturated carbocycles. The first kappa shape index (κ1) is 26.5. The predicted octanol–water partition coefficient (Wildman–Crippen LogP) is 5.18. The molecule has 1 atom stereocenters. The Kier molecular flexibility index (Phi) is 9.76. The Morgan fingerprint density at radius 3 is 1.82 bits per heavy atom. The quantitative estimate of drug-likeness (QED) is 0.434. The number of hydrogen-bond acceptors (Lipinski definition) is 6. The van der Waals surface area contributed by atoms with Crippen LogP contribution < -0.4 is 0 Å². The van der Waals surface area contributed by atoms with E-state index in [-0.39, 0.29) is 26.1 Å². The average Bonchev–Trinajstić information content (AvgIpc) is 2.53. The van der Waals surface area contributed by atoms with E-state index in [1.165, 1.54) is 6.92 Å². The second-order valence-corrected chi connectivity index (χ2v) is 8.11. The first-order valence-corrected chi connectivity index (χ1v) is 9.36. The molecule has 28 heavy (non-hydrogen) atoms. The van der Waals surface area contributed by atoms with Crippen LogP contribution in [0.5, 0.6) is 0 Å². The molecular weight excluding hydrogens is 381 g/mol. The molecule has 0 heterocycles. The van der Waals surface area contributed by atoms with Crippen LogP contribution in [-0.2, 0) is 23.7 Å². The summed E-state index contributed by atoms with van der Waals surface area (Å²) in [5.41, 5.74) is -2.58. The van der Waals surface area contributed by atoms with Gasteiger partial charge in [0.05, 0.1) is 18.8 Å². The number of ether oxygens (including phenoxy) is 4. The van der Waals surface area contributed by atoms with Crippen molar-refractivity contribution >= 4 is 12.1 Å². The van der Waals surface area contributed by atoms with Crippen LogP contribution in [0.2, 0.25) is 0 Å². The molecule has 0 aliphatic rings. The van der Waals surface area contributed by atoms with Gasteiger partial charge in [0.25, 0.3) is 0 Å². The first-order valence-electron chi connectivity index (χ1n) is 9.36. The summed E-state index contributed by atoms with van der Waals surface area (Å²) in [4.78, 5) is 22.7. The molecule has 166 valence electrons. The molecule has 1 unspecified atom stereocenters. The summed E-state index contributed by atoms with van der Waals surface area (Å²) in [6.07, 6.45) is -4.48. The van der Waals surface area contributed by atoms with Gasteiger partial charge in [0.15, 0.2) is 0 Å². The number of hydrogen-bond donors (Lipinski definition) is 0. The van der Waals surface area contributed by atoms with Gasteiger partial charge in [-0.15, -0.1) is 0 Å². The van der Waals surface area contributed by atoms with Gasteiger partial charge < -0.3 is 18.9 Å². The minimum Gasteiger partial charge on any atom is -0.453 e. The van der Waals surface area contributed by atoms with Crippen LogP contribution in [-0.4, -0.2) is 48.3 Å². The molecule has 9 heteroatoms. The summed E-state index contributed by atoms with van der Waals surface area (Å²) in [7, 11) is 0. The Bertz CT molecular complexity index is 516. The fourth-order valence-electron chi connectivity index (χ4n) is 1.90. The van der Waals surface area contributed by atoms with Crippen LogP contribution in [0, 0.1) is 0 Å². The van der Waals surface area contributed by atoms with Crippen LogP contribution in [0.4, 0.5) is 18.0 Å². The van der Waals surface area contributed by atoms with Crippen molar-refractivity contribution in [1.29, 1.82) is 0 Å². The summed E-state index contributed by atoms with van der Waals surface area (Å²) in [6, 6.07) is 0. The number of carbonyl (C=O) groups excluding carboxylic acids is 2. The zero-order valence-corrected chi connectivity index (χ0v) is 17.8. The third kappa shape index (κ3) is 10.7. The van der Waals surface area contributed by atoms with Crippen LogP contribution in [0.1, 0.15) is 74.1 Å². The van der Waals surface area contributed by atoms with Crippen molar-refractivity contribution in [3.05, 3.63) is 0 Å². The van der Waals surface area contributed by atoms with Gasteiger partial charge in [-0.25, -0.2) is 9.59 Å². The van der Waals surface area contributed by atoms with Crippen LogP contribution in [0.3, 0.4) is 0 Å². The van der Waals surface area contributed by atoms with E-state index in [1.54, 1.807) is 34.6 Å². The Morgan fingerprint density at radius 1 is 0.786 bits per heavy atom. The molecule has 0 radical (unpaired) electrons. The molecule has 6 nitrogen and oxygen atoms in total. The maximum atomic E-state index is 12.4. The van der Waals surface area contributed by atoms with E-state index in [9.17, 15) is 22.8 Å². The Morgan fingerprint density at radius 2 is 1.36 bits per heavy atom. The summed E-state index contributed by atoms with van der Waals surface area (Å²) in [5.74, 6) is -2.21. The molecule has 0 fully saturated rings. The molecule has 0 bridgehead atoms. The van der Waals surface area contributed by atoms with E-state index in [0.717, 1.165) is 0 Å². The number of carbonyl (C=O) groups is 2. The predicted molar refractivity (Wildman–Crippen MR) is 96.9 cm³/mol. The van der Waals surface area contributed by atoms with E-state index in [2.05, 4.69) is 4.74 Å². The fraction of sp³-hybridized carbons (Fsp3) is 0.895. The van der Waals surface area contributed by atoms with Gasteiger partial charge in [-0.1, -0.05) is 13.8 Å². The zero-order chi connectivity index (χ0) is 22.2. The number of rotatable bonds is 11. The highest BCUT2D eigenvalue weighted by atomic mass is 19.4. The van der Waals surface area contributed by atoms with Crippen molar-refractivity contribution < 1.29 is 41.7 Å². The number of alkyl halides is 3. The third-order valence-electron chi connectivity index (χ3n) is 4.58. The maximum absolute atomic E-state index is 12.4. The fourth-order valence-corrected chi connectivity index (χ4v) is 1.90. The van der Waals surface area contributed by atoms with Gasteiger partial charge in [-0.05, 0) is 47.5 Å². The molecule has 0 aliphatic heterocycles. The number of esters is 1. The highest BCUT2D eigenvalue weighted by Crippen LogP contribution is 2.27. The minimum absolute atomic E-state index is 0.0692. The van der Waals surface area contributed by atoms with Crippen molar-refractivity contribution in [2.24, 2.45) is 0 Å². The van der Waals surface area contributed by atoms with Crippen molar-refractivity contribution in [2.75, 3.05) is 13.2 Å². The first-order chi connectivity index (χ1) is 12.6. The SMILES string of the molecule is CCC(C)(C)OC(=O)OCCC(C)(C)OCCC(C)(CC)OC(=O)C(F)(F)F. The molecule has 0 spiro atoms. The molecule has 0 aromatic heterocycles. The second-order valence-electron chi connectivity index (χ2n) is 8.11. The zero-order valence-electron chi connectivity index (χ0n) is 17.8. The van der Waals surface area contributed by atoms with E-state index in [4.69, 9.17) is 14.2 Å². The third-order valence-corrected chi connectivity index (χ3v) is 4.58. The molecule has 0 amide bonds. The number of halogens is 3. The van der Waals surface area contributed by atoms with E-state index in [0.29, 0.717) is 12.8 Å². The largest absolute Gasteiger partial charge is 0.508 e. The van der Waals surface area contributed by atoms with Crippen LogP contribution in [0.25, 0.3) is 0 Å². The lowest BCUT2D eigenvalue weighted by Crippen LogP contribution is -2.39. The van der Waals surface area contributed by atoms with Gasteiger partial charge in [0.2, 0.25) is 0 Å². The van der Waals surface area contributed by atoms with Gasteiger partial charge in [-0.2, -0.15) is 13.2 Å². The highest BCUT2D eigenvalue weighted by molar-refractivity contribution is 5.76. The molecule has 0 aliphatic carbocycles. The molecule has 0 aromatic carbocycles. The van der Waals surface area contributed by atoms with Gasteiger partial charge in [0, 0.05) is 12.8 Å². The lowest BCUT2D eigenvalue weighted by Gasteiger charge is -2.31. The normalized spacial score (nSPS) is 14.9. The van der Waals surface area contributed by atoms with Crippen molar-refractivity contribution in [1.82, 2.24) is 0 Å². The summed E-state index contributed by atoms with van der Waals surface area (Å²) in [6.45, 7) is 12.2. The topological polar surface area (TPSA) is 71.1 Å². The van der Waals surface area contributed by atoms with Crippen LogP contribution in [0.15, 0.2) is 0 Å². The molecule has 0 rings (SSSR count). The van der Waals surface area contributed by atoms with Gasteiger partial charge in [0.1, 0.15) is 11.2 Å².